The van der Waals surface area contributed by atoms with Gasteiger partial charge in [0.25, 0.3) is 5.69 Å². The van der Waals surface area contributed by atoms with Crippen LogP contribution in [0.4, 0.5) is 21.9 Å². The van der Waals surface area contributed by atoms with Gasteiger partial charge in [0.15, 0.2) is 11.5 Å². The summed E-state index contributed by atoms with van der Waals surface area (Å²) in [4.78, 5) is 22.7. The van der Waals surface area contributed by atoms with Gasteiger partial charge >= 0.3 is 6.03 Å². The highest BCUT2D eigenvalue weighted by molar-refractivity contribution is 6.32. The minimum absolute atomic E-state index is 0.0183. The maximum atomic E-state index is 12.4. The Morgan fingerprint density at radius 1 is 0.966 bits per heavy atom. The first-order valence-corrected chi connectivity index (χ1v) is 9.35. The number of carbonyl (C=O) groups is 1. The second kappa shape index (κ2) is 10.4. The van der Waals surface area contributed by atoms with E-state index in [0.29, 0.717) is 42.8 Å². The largest absolute Gasteiger partial charge is 0.490 e. The van der Waals surface area contributed by atoms with E-state index in [1.54, 1.807) is 12.1 Å². The number of halogens is 1. The summed E-state index contributed by atoms with van der Waals surface area (Å²) in [6.45, 7) is 6.72. The minimum atomic E-state index is -0.624. The Morgan fingerprint density at radius 2 is 1.52 bits per heavy atom. The van der Waals surface area contributed by atoms with Crippen molar-refractivity contribution < 1.29 is 23.9 Å². The molecule has 0 saturated heterocycles. The molecule has 0 aliphatic carbocycles. The van der Waals surface area contributed by atoms with Gasteiger partial charge in [-0.15, -0.1) is 0 Å². The fourth-order valence-electron chi connectivity index (χ4n) is 2.48. The maximum Gasteiger partial charge on any atom is 0.323 e. The molecular weight excluding hydrogens is 402 g/mol. The first-order valence-electron chi connectivity index (χ1n) is 8.97. The molecule has 0 unspecified atom stereocenters. The van der Waals surface area contributed by atoms with Crippen LogP contribution in [0.15, 0.2) is 30.3 Å². The van der Waals surface area contributed by atoms with Gasteiger partial charge in [0.05, 0.1) is 30.4 Å². The lowest BCUT2D eigenvalue weighted by Crippen LogP contribution is -2.19. The Bertz CT molecular complexity index is 863. The number of carbonyl (C=O) groups excluding carboxylic acids is 1. The zero-order valence-electron chi connectivity index (χ0n) is 16.3. The van der Waals surface area contributed by atoms with Crippen LogP contribution in [0.5, 0.6) is 17.2 Å². The van der Waals surface area contributed by atoms with Gasteiger partial charge in [-0.2, -0.15) is 0 Å². The SMILES string of the molecule is CCOc1cc(NC(=O)Nc2ccc(Cl)c([N+](=O)[O-])c2)cc(OCC)c1OCC. The molecule has 2 rings (SSSR count). The molecule has 2 amide bonds. The van der Waals surface area contributed by atoms with Gasteiger partial charge in [-0.1, -0.05) is 11.6 Å². The summed E-state index contributed by atoms with van der Waals surface area (Å²) in [5.74, 6) is 1.31. The molecule has 0 saturated carbocycles. The third-order valence-electron chi connectivity index (χ3n) is 3.57. The van der Waals surface area contributed by atoms with Gasteiger partial charge in [0, 0.05) is 23.9 Å². The van der Waals surface area contributed by atoms with Gasteiger partial charge in [-0.05, 0) is 32.9 Å². The quantitative estimate of drug-likeness (QED) is 0.429. The van der Waals surface area contributed by atoms with Crippen molar-refractivity contribution in [2.45, 2.75) is 20.8 Å². The van der Waals surface area contributed by atoms with Crippen molar-refractivity contribution in [2.75, 3.05) is 30.5 Å². The second-order valence-electron chi connectivity index (χ2n) is 5.60. The van der Waals surface area contributed by atoms with Crippen LogP contribution in [0.2, 0.25) is 5.02 Å². The number of amides is 2. The van der Waals surface area contributed by atoms with Gasteiger partial charge in [0.1, 0.15) is 5.02 Å². The van der Waals surface area contributed by atoms with E-state index in [2.05, 4.69) is 10.6 Å². The third kappa shape index (κ3) is 5.89. The average Bonchev–Trinajstić information content (AvgIpc) is 2.66. The van der Waals surface area contributed by atoms with Crippen molar-refractivity contribution in [3.05, 3.63) is 45.5 Å². The molecule has 0 heterocycles. The van der Waals surface area contributed by atoms with E-state index in [9.17, 15) is 14.9 Å². The molecule has 0 aliphatic rings. The maximum absolute atomic E-state index is 12.4. The fraction of sp³-hybridized carbons (Fsp3) is 0.316. The van der Waals surface area contributed by atoms with E-state index in [4.69, 9.17) is 25.8 Å². The smallest absolute Gasteiger partial charge is 0.323 e. The standard InChI is InChI=1S/C19H22ClN3O6/c1-4-27-16-10-13(11-17(28-5-2)18(16)29-6-3)22-19(24)21-12-7-8-14(20)15(9-12)23(25)26/h7-11H,4-6H2,1-3H3,(H2,21,22,24). The van der Waals surface area contributed by atoms with Crippen LogP contribution in [0.3, 0.4) is 0 Å². The van der Waals surface area contributed by atoms with E-state index in [1.165, 1.54) is 18.2 Å². The summed E-state index contributed by atoms with van der Waals surface area (Å²) in [5, 5.41) is 16.2. The predicted molar refractivity (Wildman–Crippen MR) is 111 cm³/mol. The Kier molecular flexibility index (Phi) is 7.90. The number of hydrogen-bond acceptors (Lipinski definition) is 6. The lowest BCUT2D eigenvalue weighted by atomic mass is 10.2. The van der Waals surface area contributed by atoms with Gasteiger partial charge in [0.2, 0.25) is 5.75 Å². The summed E-state index contributed by atoms with van der Waals surface area (Å²) in [5.41, 5.74) is 0.323. The third-order valence-corrected chi connectivity index (χ3v) is 3.89. The molecule has 0 atom stereocenters. The van der Waals surface area contributed by atoms with Crippen molar-refractivity contribution in [3.63, 3.8) is 0 Å². The van der Waals surface area contributed by atoms with Crippen LogP contribution in [-0.4, -0.2) is 30.8 Å². The predicted octanol–water partition coefficient (Wildman–Crippen LogP) is 5.09. The molecule has 9 nitrogen and oxygen atoms in total. The molecule has 10 heteroatoms. The summed E-state index contributed by atoms with van der Waals surface area (Å²) >= 11 is 5.78. The number of urea groups is 1. The molecule has 2 N–H and O–H groups in total. The average molecular weight is 424 g/mol. The first kappa shape index (κ1) is 22.1. The zero-order valence-corrected chi connectivity index (χ0v) is 17.0. The van der Waals surface area contributed by atoms with Crippen LogP contribution in [-0.2, 0) is 0 Å². The highest BCUT2D eigenvalue weighted by Gasteiger charge is 2.17. The van der Waals surface area contributed by atoms with E-state index >= 15 is 0 Å². The molecule has 0 fully saturated rings. The zero-order chi connectivity index (χ0) is 21.4. The monoisotopic (exact) mass is 423 g/mol. The summed E-state index contributed by atoms with van der Waals surface area (Å²) in [6, 6.07) is 6.60. The van der Waals surface area contributed by atoms with E-state index < -0.39 is 11.0 Å². The van der Waals surface area contributed by atoms with Crippen LogP contribution in [0.25, 0.3) is 0 Å². The van der Waals surface area contributed by atoms with Gasteiger partial charge in [-0.25, -0.2) is 4.79 Å². The number of nitrogens with one attached hydrogen (secondary N) is 2. The fourth-order valence-corrected chi connectivity index (χ4v) is 2.67. The van der Waals surface area contributed by atoms with Crippen molar-refractivity contribution in [3.8, 4) is 17.2 Å². The Balaban J connectivity index is 2.25. The van der Waals surface area contributed by atoms with Gasteiger partial charge in [-0.3, -0.25) is 10.1 Å². The Morgan fingerprint density at radius 3 is 2.03 bits per heavy atom. The second-order valence-corrected chi connectivity index (χ2v) is 6.01. The number of nitrogens with zero attached hydrogens (tertiary/aromatic N) is 1. The topological polar surface area (TPSA) is 112 Å². The number of benzene rings is 2. The molecule has 0 aromatic heterocycles. The van der Waals surface area contributed by atoms with Crippen molar-refractivity contribution in [2.24, 2.45) is 0 Å². The van der Waals surface area contributed by atoms with Crippen molar-refractivity contribution >= 4 is 34.7 Å². The molecular formula is C19H22ClN3O6. The number of anilines is 2. The van der Waals surface area contributed by atoms with Crippen molar-refractivity contribution in [1.29, 1.82) is 0 Å². The number of nitro groups is 1. The van der Waals surface area contributed by atoms with Crippen LogP contribution < -0.4 is 24.8 Å². The van der Waals surface area contributed by atoms with Gasteiger partial charge < -0.3 is 24.8 Å². The Hall–Kier alpha value is -3.20. The Labute approximate surface area is 173 Å². The molecule has 0 aliphatic heterocycles. The summed E-state index contributed by atoms with van der Waals surface area (Å²) in [7, 11) is 0. The lowest BCUT2D eigenvalue weighted by Gasteiger charge is -2.17. The number of hydrogen-bond donors (Lipinski definition) is 2. The minimum Gasteiger partial charge on any atom is -0.490 e. The summed E-state index contributed by atoms with van der Waals surface area (Å²) < 4.78 is 16.8. The lowest BCUT2D eigenvalue weighted by molar-refractivity contribution is -0.384. The molecule has 156 valence electrons. The molecule has 0 bridgehead atoms. The molecule has 0 spiro atoms. The molecule has 2 aromatic rings. The highest BCUT2D eigenvalue weighted by atomic mass is 35.5. The highest BCUT2D eigenvalue weighted by Crippen LogP contribution is 2.41. The molecule has 29 heavy (non-hydrogen) atoms. The number of ether oxygens (including phenoxy) is 3. The number of nitro benzene ring substituents is 1. The van der Waals surface area contributed by atoms with Crippen LogP contribution >= 0.6 is 11.6 Å². The summed E-state index contributed by atoms with van der Waals surface area (Å²) in [6.07, 6.45) is 0. The normalized spacial score (nSPS) is 10.2. The van der Waals surface area contributed by atoms with Crippen LogP contribution in [0.1, 0.15) is 20.8 Å². The van der Waals surface area contributed by atoms with E-state index in [0.717, 1.165) is 0 Å². The van der Waals surface area contributed by atoms with E-state index in [1.807, 2.05) is 20.8 Å². The first-order chi connectivity index (χ1) is 13.9. The van der Waals surface area contributed by atoms with Crippen molar-refractivity contribution in [1.82, 2.24) is 0 Å². The molecule has 0 radical (unpaired) electrons. The van der Waals surface area contributed by atoms with E-state index in [-0.39, 0.29) is 16.4 Å². The number of rotatable bonds is 9. The van der Waals surface area contributed by atoms with Crippen LogP contribution in [0, 0.1) is 10.1 Å². The molecule has 2 aromatic carbocycles.